The van der Waals surface area contributed by atoms with Crippen LogP contribution in [0, 0.1) is 11.3 Å². The third-order valence-electron chi connectivity index (χ3n) is 3.11. The molecule has 0 aliphatic rings. The van der Waals surface area contributed by atoms with Gasteiger partial charge < -0.3 is 0 Å². The van der Waals surface area contributed by atoms with Crippen molar-refractivity contribution in [3.05, 3.63) is 59.4 Å². The Morgan fingerprint density at radius 2 is 1.90 bits per heavy atom. The third kappa shape index (κ3) is 3.66. The van der Waals surface area contributed by atoms with Crippen LogP contribution in [0.25, 0.3) is 0 Å². The standard InChI is InChI=1S/C15H15N3O2S/c1-2-12-5-3-4-6-13(12)10-18-21(19,20)15-8-7-14(9-16)17-11-15/h3-8,11,18H,2,10H2,1H3. The minimum Gasteiger partial charge on any atom is -0.244 e. The molecule has 1 heterocycles. The fourth-order valence-electron chi connectivity index (χ4n) is 1.94. The van der Waals surface area contributed by atoms with Gasteiger partial charge in [-0.05, 0) is 29.7 Å². The fourth-order valence-corrected chi connectivity index (χ4v) is 2.89. The predicted molar refractivity (Wildman–Crippen MR) is 78.8 cm³/mol. The molecule has 1 aromatic carbocycles. The van der Waals surface area contributed by atoms with Gasteiger partial charge in [-0.3, -0.25) is 0 Å². The Kier molecular flexibility index (Phi) is 4.68. The molecular weight excluding hydrogens is 286 g/mol. The predicted octanol–water partition coefficient (Wildman–Crippen LogP) is 1.99. The van der Waals surface area contributed by atoms with Crippen molar-refractivity contribution in [1.29, 1.82) is 5.26 Å². The summed E-state index contributed by atoms with van der Waals surface area (Å²) in [6.07, 6.45) is 2.03. The average molecular weight is 301 g/mol. The maximum absolute atomic E-state index is 12.2. The lowest BCUT2D eigenvalue weighted by Gasteiger charge is -2.09. The number of nitrogens with one attached hydrogen (secondary N) is 1. The smallest absolute Gasteiger partial charge is 0.242 e. The zero-order chi connectivity index (χ0) is 15.3. The van der Waals surface area contributed by atoms with E-state index in [1.165, 1.54) is 18.3 Å². The summed E-state index contributed by atoms with van der Waals surface area (Å²) in [5, 5.41) is 8.66. The molecule has 0 aliphatic carbocycles. The summed E-state index contributed by atoms with van der Waals surface area (Å²) in [4.78, 5) is 3.82. The monoisotopic (exact) mass is 301 g/mol. The largest absolute Gasteiger partial charge is 0.244 e. The van der Waals surface area contributed by atoms with E-state index in [1.54, 1.807) is 0 Å². The molecule has 0 saturated carbocycles. The zero-order valence-corrected chi connectivity index (χ0v) is 12.4. The molecule has 5 nitrogen and oxygen atoms in total. The molecule has 0 unspecified atom stereocenters. The van der Waals surface area contributed by atoms with E-state index in [-0.39, 0.29) is 17.1 Å². The van der Waals surface area contributed by atoms with Crippen LogP contribution in [0.2, 0.25) is 0 Å². The van der Waals surface area contributed by atoms with Crippen LogP contribution in [0.1, 0.15) is 23.7 Å². The van der Waals surface area contributed by atoms with Gasteiger partial charge in [0.1, 0.15) is 16.7 Å². The second kappa shape index (κ2) is 6.48. The Balaban J connectivity index is 2.16. The van der Waals surface area contributed by atoms with E-state index in [2.05, 4.69) is 9.71 Å². The molecule has 0 aliphatic heterocycles. The van der Waals surface area contributed by atoms with E-state index in [9.17, 15) is 8.42 Å². The highest BCUT2D eigenvalue weighted by atomic mass is 32.2. The Labute approximate surface area is 124 Å². The summed E-state index contributed by atoms with van der Waals surface area (Å²) in [7, 11) is -3.63. The molecule has 2 aromatic rings. The Bertz CT molecular complexity index is 762. The lowest BCUT2D eigenvalue weighted by Crippen LogP contribution is -2.24. The van der Waals surface area contributed by atoms with E-state index < -0.39 is 10.0 Å². The molecule has 21 heavy (non-hydrogen) atoms. The zero-order valence-electron chi connectivity index (χ0n) is 11.6. The van der Waals surface area contributed by atoms with Gasteiger partial charge in [0.25, 0.3) is 0 Å². The van der Waals surface area contributed by atoms with Gasteiger partial charge in [-0.15, -0.1) is 0 Å². The fraction of sp³-hybridized carbons (Fsp3) is 0.200. The summed E-state index contributed by atoms with van der Waals surface area (Å²) in [5.41, 5.74) is 2.24. The number of nitrogens with zero attached hydrogens (tertiary/aromatic N) is 2. The first-order valence-electron chi connectivity index (χ1n) is 6.49. The first kappa shape index (κ1) is 15.2. The molecule has 0 amide bonds. The molecule has 0 fully saturated rings. The molecule has 108 valence electrons. The number of benzene rings is 1. The molecule has 0 bridgehead atoms. The highest BCUT2D eigenvalue weighted by molar-refractivity contribution is 7.89. The number of rotatable bonds is 5. The van der Waals surface area contributed by atoms with Crippen LogP contribution < -0.4 is 4.72 Å². The molecule has 0 spiro atoms. The minimum absolute atomic E-state index is 0.0514. The Hall–Kier alpha value is -2.23. The van der Waals surface area contributed by atoms with Crippen molar-refractivity contribution in [3.8, 4) is 6.07 Å². The highest BCUT2D eigenvalue weighted by Gasteiger charge is 2.14. The third-order valence-corrected chi connectivity index (χ3v) is 4.50. The molecule has 2 rings (SSSR count). The summed E-state index contributed by atoms with van der Waals surface area (Å²) >= 11 is 0. The van der Waals surface area contributed by atoms with Crippen molar-refractivity contribution < 1.29 is 8.42 Å². The molecule has 0 saturated heterocycles. The van der Waals surface area contributed by atoms with Crippen molar-refractivity contribution in [2.24, 2.45) is 0 Å². The molecule has 1 aromatic heterocycles. The molecule has 0 atom stereocenters. The average Bonchev–Trinajstić information content (AvgIpc) is 2.53. The minimum atomic E-state index is -3.63. The lowest BCUT2D eigenvalue weighted by molar-refractivity contribution is 0.580. The Morgan fingerprint density at radius 3 is 2.48 bits per heavy atom. The second-order valence-corrected chi connectivity index (χ2v) is 6.20. The van der Waals surface area contributed by atoms with Crippen molar-refractivity contribution in [2.45, 2.75) is 24.8 Å². The van der Waals surface area contributed by atoms with Gasteiger partial charge in [0.05, 0.1) is 0 Å². The number of hydrogen-bond donors (Lipinski definition) is 1. The highest BCUT2D eigenvalue weighted by Crippen LogP contribution is 2.12. The molecule has 1 N–H and O–H groups in total. The number of pyridine rings is 1. The molecule has 0 radical (unpaired) electrons. The van der Waals surface area contributed by atoms with Gasteiger partial charge in [0, 0.05) is 12.7 Å². The van der Waals surface area contributed by atoms with E-state index in [0.717, 1.165) is 17.5 Å². The van der Waals surface area contributed by atoms with Gasteiger partial charge in [-0.1, -0.05) is 31.2 Å². The second-order valence-electron chi connectivity index (χ2n) is 4.44. The Morgan fingerprint density at radius 1 is 1.19 bits per heavy atom. The van der Waals surface area contributed by atoms with Crippen LogP contribution in [0.4, 0.5) is 0 Å². The maximum Gasteiger partial charge on any atom is 0.242 e. The van der Waals surface area contributed by atoms with Crippen LogP contribution in [-0.4, -0.2) is 13.4 Å². The number of aromatic nitrogens is 1. The van der Waals surface area contributed by atoms with Crippen LogP contribution in [0.15, 0.2) is 47.5 Å². The summed E-state index contributed by atoms with van der Waals surface area (Å²) in [6, 6.07) is 12.3. The topological polar surface area (TPSA) is 82.9 Å². The van der Waals surface area contributed by atoms with Crippen molar-refractivity contribution in [3.63, 3.8) is 0 Å². The number of sulfonamides is 1. The van der Waals surface area contributed by atoms with Crippen LogP contribution in [-0.2, 0) is 23.0 Å². The van der Waals surface area contributed by atoms with Gasteiger partial charge in [0.2, 0.25) is 10.0 Å². The van der Waals surface area contributed by atoms with E-state index in [0.29, 0.717) is 0 Å². The number of hydrogen-bond acceptors (Lipinski definition) is 4. The first-order chi connectivity index (χ1) is 10.1. The number of aryl methyl sites for hydroxylation is 1. The van der Waals surface area contributed by atoms with Crippen LogP contribution in [0.3, 0.4) is 0 Å². The van der Waals surface area contributed by atoms with Gasteiger partial charge in [-0.2, -0.15) is 5.26 Å². The summed E-state index contributed by atoms with van der Waals surface area (Å²) < 4.78 is 26.9. The van der Waals surface area contributed by atoms with Crippen LogP contribution >= 0.6 is 0 Å². The number of nitriles is 1. The van der Waals surface area contributed by atoms with E-state index in [1.807, 2.05) is 37.3 Å². The van der Waals surface area contributed by atoms with Crippen LogP contribution in [0.5, 0.6) is 0 Å². The summed E-state index contributed by atoms with van der Waals surface area (Å²) in [6.45, 7) is 2.25. The maximum atomic E-state index is 12.2. The lowest BCUT2D eigenvalue weighted by atomic mass is 10.1. The quantitative estimate of drug-likeness (QED) is 0.915. The van der Waals surface area contributed by atoms with Crippen molar-refractivity contribution >= 4 is 10.0 Å². The van der Waals surface area contributed by atoms with E-state index >= 15 is 0 Å². The van der Waals surface area contributed by atoms with E-state index in [4.69, 9.17) is 5.26 Å². The van der Waals surface area contributed by atoms with Crippen molar-refractivity contribution in [2.75, 3.05) is 0 Å². The van der Waals surface area contributed by atoms with Gasteiger partial charge in [-0.25, -0.2) is 18.1 Å². The molecular formula is C15H15N3O2S. The van der Waals surface area contributed by atoms with Crippen molar-refractivity contribution in [1.82, 2.24) is 9.71 Å². The normalized spacial score (nSPS) is 11.0. The summed E-state index contributed by atoms with van der Waals surface area (Å²) in [5.74, 6) is 0. The van der Waals surface area contributed by atoms with Gasteiger partial charge >= 0.3 is 0 Å². The molecule has 6 heteroatoms. The van der Waals surface area contributed by atoms with Gasteiger partial charge in [0.15, 0.2) is 0 Å². The first-order valence-corrected chi connectivity index (χ1v) is 7.97. The SMILES string of the molecule is CCc1ccccc1CNS(=O)(=O)c1ccc(C#N)nc1.